The van der Waals surface area contributed by atoms with Crippen molar-refractivity contribution in [3.8, 4) is 0 Å². The maximum Gasteiger partial charge on any atom is 0.407 e. The number of alkyl carbamates (subject to hydrolysis) is 1. The van der Waals surface area contributed by atoms with Crippen LogP contribution >= 0.6 is 11.8 Å². The van der Waals surface area contributed by atoms with Crippen LogP contribution in [0.25, 0.3) is 0 Å². The standard InChI is InChI=1S/C13H20N4O3S/c1-21-8-10-15-11(20-16-10)7-17-5-2-3-13(4-6-17)9-14-12(18)19-13/h2-9H2,1H3,(H,14,18)/t13-/m0/s1. The minimum atomic E-state index is -0.315. The minimum Gasteiger partial charge on any atom is -0.441 e. The van der Waals surface area contributed by atoms with Gasteiger partial charge in [0.2, 0.25) is 5.89 Å². The highest BCUT2D eigenvalue weighted by molar-refractivity contribution is 7.97. The van der Waals surface area contributed by atoms with E-state index in [2.05, 4.69) is 20.4 Å². The molecule has 1 amide bonds. The van der Waals surface area contributed by atoms with Gasteiger partial charge < -0.3 is 14.6 Å². The summed E-state index contributed by atoms with van der Waals surface area (Å²) in [6.07, 6.45) is 4.48. The summed E-state index contributed by atoms with van der Waals surface area (Å²) in [6, 6.07) is 0. The molecule has 7 nitrogen and oxygen atoms in total. The zero-order valence-electron chi connectivity index (χ0n) is 12.1. The van der Waals surface area contributed by atoms with Gasteiger partial charge in [-0.15, -0.1) is 0 Å². The molecule has 0 unspecified atom stereocenters. The van der Waals surface area contributed by atoms with E-state index in [1.54, 1.807) is 11.8 Å². The highest BCUT2D eigenvalue weighted by Crippen LogP contribution is 2.29. The fourth-order valence-electron chi connectivity index (χ4n) is 2.90. The number of carbonyl (C=O) groups excluding carboxylic acids is 1. The Morgan fingerprint density at radius 1 is 1.43 bits per heavy atom. The van der Waals surface area contributed by atoms with Gasteiger partial charge in [-0.3, -0.25) is 4.90 Å². The molecule has 0 radical (unpaired) electrons. The first-order chi connectivity index (χ1) is 10.2. The fraction of sp³-hybridized carbons (Fsp3) is 0.769. The van der Waals surface area contributed by atoms with Crippen LogP contribution in [0.15, 0.2) is 4.52 Å². The molecule has 0 aromatic carbocycles. The predicted molar refractivity (Wildman–Crippen MR) is 77.9 cm³/mol. The molecule has 8 heteroatoms. The monoisotopic (exact) mass is 312 g/mol. The van der Waals surface area contributed by atoms with Gasteiger partial charge in [0.15, 0.2) is 5.82 Å². The van der Waals surface area contributed by atoms with E-state index in [1.807, 2.05) is 6.26 Å². The maximum atomic E-state index is 11.3. The van der Waals surface area contributed by atoms with Crippen molar-refractivity contribution in [2.45, 2.75) is 37.2 Å². The number of ether oxygens (including phenoxy) is 1. The Morgan fingerprint density at radius 3 is 3.10 bits per heavy atom. The summed E-state index contributed by atoms with van der Waals surface area (Å²) in [6.45, 7) is 3.12. The average Bonchev–Trinajstić information content (AvgIpc) is 2.98. The van der Waals surface area contributed by atoms with Crippen LogP contribution in [0.4, 0.5) is 4.79 Å². The van der Waals surface area contributed by atoms with Crippen LogP contribution in [0.5, 0.6) is 0 Å². The highest BCUT2D eigenvalue weighted by atomic mass is 32.2. The van der Waals surface area contributed by atoms with Crippen molar-refractivity contribution in [1.29, 1.82) is 0 Å². The Bertz CT molecular complexity index is 509. The lowest BCUT2D eigenvalue weighted by molar-refractivity contribution is 0.0440. The van der Waals surface area contributed by atoms with Crippen molar-refractivity contribution >= 4 is 17.9 Å². The van der Waals surface area contributed by atoms with Gasteiger partial charge in [-0.1, -0.05) is 5.16 Å². The van der Waals surface area contributed by atoms with Gasteiger partial charge in [0, 0.05) is 13.0 Å². The summed E-state index contributed by atoms with van der Waals surface area (Å²) < 4.78 is 10.8. The van der Waals surface area contributed by atoms with E-state index in [1.165, 1.54) is 0 Å². The smallest absolute Gasteiger partial charge is 0.407 e. The van der Waals surface area contributed by atoms with Crippen LogP contribution in [-0.2, 0) is 17.0 Å². The molecule has 0 bridgehead atoms. The maximum absolute atomic E-state index is 11.3. The molecular formula is C13H20N4O3S. The Balaban J connectivity index is 1.56. The average molecular weight is 312 g/mol. The van der Waals surface area contributed by atoms with Crippen molar-refractivity contribution < 1.29 is 14.1 Å². The molecule has 1 aromatic rings. The van der Waals surface area contributed by atoms with Gasteiger partial charge >= 0.3 is 6.09 Å². The molecule has 2 fully saturated rings. The number of nitrogens with zero attached hydrogens (tertiary/aromatic N) is 3. The van der Waals surface area contributed by atoms with E-state index >= 15 is 0 Å². The van der Waals surface area contributed by atoms with E-state index in [0.717, 1.165) is 43.9 Å². The summed E-state index contributed by atoms with van der Waals surface area (Å²) in [4.78, 5) is 18.0. The molecule has 116 valence electrons. The van der Waals surface area contributed by atoms with Crippen molar-refractivity contribution in [3.63, 3.8) is 0 Å². The second kappa shape index (κ2) is 6.23. The molecule has 1 atom stereocenters. The third-order valence-corrected chi connectivity index (χ3v) is 4.54. The molecule has 21 heavy (non-hydrogen) atoms. The number of amides is 1. The van der Waals surface area contributed by atoms with E-state index in [4.69, 9.17) is 9.26 Å². The van der Waals surface area contributed by atoms with Crippen molar-refractivity contribution in [3.05, 3.63) is 11.7 Å². The van der Waals surface area contributed by atoms with Crippen LogP contribution in [0.2, 0.25) is 0 Å². The van der Waals surface area contributed by atoms with Gasteiger partial charge in [0.05, 0.1) is 18.8 Å². The quantitative estimate of drug-likeness (QED) is 0.900. The number of nitrogens with one attached hydrogen (secondary N) is 1. The largest absolute Gasteiger partial charge is 0.441 e. The van der Waals surface area contributed by atoms with E-state index in [-0.39, 0.29) is 11.7 Å². The van der Waals surface area contributed by atoms with Gasteiger partial charge in [0.1, 0.15) is 5.60 Å². The third-order valence-electron chi connectivity index (χ3n) is 4.00. The predicted octanol–water partition coefficient (Wildman–Crippen LogP) is 1.40. The lowest BCUT2D eigenvalue weighted by Crippen LogP contribution is -2.34. The van der Waals surface area contributed by atoms with Crippen molar-refractivity contribution in [2.75, 3.05) is 25.9 Å². The molecule has 0 aliphatic carbocycles. The number of aromatic nitrogens is 2. The summed E-state index contributed by atoms with van der Waals surface area (Å²) in [5, 5.41) is 6.73. The van der Waals surface area contributed by atoms with Crippen molar-refractivity contribution in [2.24, 2.45) is 0 Å². The topological polar surface area (TPSA) is 80.5 Å². The zero-order chi connectivity index (χ0) is 14.7. The molecule has 2 aliphatic rings. The molecular weight excluding hydrogens is 292 g/mol. The number of hydrogen-bond donors (Lipinski definition) is 1. The van der Waals surface area contributed by atoms with Crippen LogP contribution in [-0.4, -0.2) is 52.6 Å². The second-order valence-corrected chi connectivity index (χ2v) is 6.46. The first-order valence-corrected chi connectivity index (χ1v) is 8.58. The van der Waals surface area contributed by atoms with E-state index in [0.29, 0.717) is 19.0 Å². The van der Waals surface area contributed by atoms with Crippen LogP contribution < -0.4 is 5.32 Å². The Morgan fingerprint density at radius 2 is 2.33 bits per heavy atom. The molecule has 3 heterocycles. The Hall–Kier alpha value is -1.28. The number of carbonyl (C=O) groups is 1. The van der Waals surface area contributed by atoms with Crippen LogP contribution in [0.1, 0.15) is 31.0 Å². The zero-order valence-corrected chi connectivity index (χ0v) is 12.9. The van der Waals surface area contributed by atoms with Crippen LogP contribution in [0, 0.1) is 0 Å². The van der Waals surface area contributed by atoms with Gasteiger partial charge in [-0.25, -0.2) is 4.79 Å². The van der Waals surface area contributed by atoms with Gasteiger partial charge in [-0.05, 0) is 25.6 Å². The summed E-state index contributed by atoms with van der Waals surface area (Å²) in [5.74, 6) is 2.18. The first-order valence-electron chi connectivity index (χ1n) is 7.19. The van der Waals surface area contributed by atoms with E-state index < -0.39 is 0 Å². The summed E-state index contributed by atoms with van der Waals surface area (Å²) in [5.41, 5.74) is -0.315. The molecule has 3 rings (SSSR count). The lowest BCUT2D eigenvalue weighted by atomic mass is 9.95. The Kier molecular flexibility index (Phi) is 4.34. The van der Waals surface area contributed by atoms with Gasteiger partial charge in [-0.2, -0.15) is 16.7 Å². The normalized spacial score (nSPS) is 26.6. The SMILES string of the molecule is CSCc1noc(CN2CCC[C@]3(CC2)CNC(=O)O3)n1. The Labute approximate surface area is 127 Å². The summed E-state index contributed by atoms with van der Waals surface area (Å²) >= 11 is 1.68. The molecule has 1 spiro atoms. The molecule has 1 aromatic heterocycles. The summed E-state index contributed by atoms with van der Waals surface area (Å²) in [7, 11) is 0. The second-order valence-electron chi connectivity index (χ2n) is 5.59. The molecule has 2 aliphatic heterocycles. The lowest BCUT2D eigenvalue weighted by Gasteiger charge is -2.24. The third kappa shape index (κ3) is 3.49. The first kappa shape index (κ1) is 14.6. The number of rotatable bonds is 4. The van der Waals surface area contributed by atoms with Crippen LogP contribution in [0.3, 0.4) is 0 Å². The minimum absolute atomic E-state index is 0.290. The van der Waals surface area contributed by atoms with Gasteiger partial charge in [0.25, 0.3) is 0 Å². The molecule has 1 N–H and O–H groups in total. The number of likely N-dealkylation sites (tertiary alicyclic amines) is 1. The number of thioether (sulfide) groups is 1. The molecule has 2 saturated heterocycles. The van der Waals surface area contributed by atoms with Crippen molar-refractivity contribution in [1.82, 2.24) is 20.4 Å². The number of hydrogen-bond acceptors (Lipinski definition) is 7. The highest BCUT2D eigenvalue weighted by Gasteiger charge is 2.41. The molecule has 0 saturated carbocycles. The van der Waals surface area contributed by atoms with E-state index in [9.17, 15) is 4.79 Å². The fourth-order valence-corrected chi connectivity index (χ4v) is 3.27.